The van der Waals surface area contributed by atoms with E-state index in [-0.39, 0.29) is 11.9 Å². The van der Waals surface area contributed by atoms with Gasteiger partial charge in [-0.25, -0.2) is 9.48 Å². The van der Waals surface area contributed by atoms with Crippen LogP contribution in [0.4, 0.5) is 4.79 Å². The molecule has 2 aliphatic rings. The quantitative estimate of drug-likeness (QED) is 0.726. The number of methoxy groups -OCH3 is 1. The number of rotatable bonds is 7. The van der Waals surface area contributed by atoms with Crippen LogP contribution in [0.5, 0.6) is 0 Å². The highest BCUT2D eigenvalue weighted by molar-refractivity contribution is 6.04. The lowest BCUT2D eigenvalue weighted by Gasteiger charge is -2.27. The molecule has 148 valence electrons. The normalized spacial score (nSPS) is 21.7. The van der Waals surface area contributed by atoms with Gasteiger partial charge in [-0.15, -0.1) is 5.10 Å². The van der Waals surface area contributed by atoms with Gasteiger partial charge in [0.2, 0.25) is 0 Å². The van der Waals surface area contributed by atoms with Gasteiger partial charge in [0.05, 0.1) is 18.8 Å². The lowest BCUT2D eigenvalue weighted by molar-refractivity contribution is -0.127. The highest BCUT2D eigenvalue weighted by Crippen LogP contribution is 2.27. The zero-order valence-electron chi connectivity index (χ0n) is 16.0. The first kappa shape index (κ1) is 18.6. The zero-order chi connectivity index (χ0) is 19.5. The van der Waals surface area contributed by atoms with E-state index in [4.69, 9.17) is 4.74 Å². The van der Waals surface area contributed by atoms with Crippen LogP contribution in [-0.2, 0) is 35.3 Å². The molecule has 0 radical (unpaired) electrons. The third-order valence-electron chi connectivity index (χ3n) is 5.52. The maximum atomic E-state index is 12.8. The Kier molecular flexibility index (Phi) is 5.38. The highest BCUT2D eigenvalue weighted by Gasteiger charge is 2.39. The summed E-state index contributed by atoms with van der Waals surface area (Å²) in [5.74, 6) is 0.133. The van der Waals surface area contributed by atoms with Gasteiger partial charge in [0.15, 0.2) is 0 Å². The van der Waals surface area contributed by atoms with Crippen LogP contribution < -0.4 is 5.32 Å². The lowest BCUT2D eigenvalue weighted by atomic mass is 9.83. The molecule has 2 heterocycles. The van der Waals surface area contributed by atoms with Crippen molar-refractivity contribution in [2.75, 3.05) is 20.3 Å². The molecule has 8 nitrogen and oxygen atoms in total. The van der Waals surface area contributed by atoms with Crippen LogP contribution in [0.3, 0.4) is 0 Å². The summed E-state index contributed by atoms with van der Waals surface area (Å²) in [4.78, 5) is 26.5. The summed E-state index contributed by atoms with van der Waals surface area (Å²) < 4.78 is 6.70. The molecule has 0 bridgehead atoms. The van der Waals surface area contributed by atoms with Gasteiger partial charge in [0, 0.05) is 26.3 Å². The average molecular weight is 383 g/mol. The molecule has 0 spiro atoms. The third-order valence-corrected chi connectivity index (χ3v) is 5.52. The van der Waals surface area contributed by atoms with E-state index in [1.54, 1.807) is 18.0 Å². The Balaban J connectivity index is 1.36. The maximum absolute atomic E-state index is 12.8. The fraction of sp³-hybridized carbons (Fsp3) is 0.500. The SMILES string of the molecule is COCCn1cc(C[C@@H]2NC(=O)N(C[C@H]3CCc4ccccc4C3)C2=O)nn1. The number of carbonyl (C=O) groups is 2. The summed E-state index contributed by atoms with van der Waals surface area (Å²) in [5, 5.41) is 10.9. The van der Waals surface area contributed by atoms with Crippen molar-refractivity contribution in [2.45, 2.75) is 38.3 Å². The largest absolute Gasteiger partial charge is 0.383 e. The molecule has 2 atom stereocenters. The Morgan fingerprint density at radius 3 is 2.89 bits per heavy atom. The van der Waals surface area contributed by atoms with Gasteiger partial charge in [0.25, 0.3) is 5.91 Å². The Labute approximate surface area is 163 Å². The van der Waals surface area contributed by atoms with Crippen LogP contribution in [-0.4, -0.2) is 58.1 Å². The van der Waals surface area contributed by atoms with E-state index < -0.39 is 6.04 Å². The molecule has 8 heteroatoms. The van der Waals surface area contributed by atoms with E-state index in [0.29, 0.717) is 37.7 Å². The van der Waals surface area contributed by atoms with Crippen molar-refractivity contribution in [3.8, 4) is 0 Å². The molecule has 1 aromatic carbocycles. The second kappa shape index (κ2) is 8.10. The first-order valence-electron chi connectivity index (χ1n) is 9.70. The van der Waals surface area contributed by atoms with Gasteiger partial charge in [-0.2, -0.15) is 0 Å². The summed E-state index contributed by atoms with van der Waals surface area (Å²) in [6.07, 6.45) is 5.04. The first-order valence-corrected chi connectivity index (χ1v) is 9.70. The molecule has 0 unspecified atom stereocenters. The number of carbonyl (C=O) groups excluding carboxylic acids is 2. The van der Waals surface area contributed by atoms with E-state index >= 15 is 0 Å². The van der Waals surface area contributed by atoms with Gasteiger partial charge >= 0.3 is 6.03 Å². The molecule has 3 amide bonds. The topological polar surface area (TPSA) is 89.4 Å². The van der Waals surface area contributed by atoms with E-state index in [2.05, 4.69) is 33.8 Å². The van der Waals surface area contributed by atoms with Crippen molar-refractivity contribution in [2.24, 2.45) is 5.92 Å². The van der Waals surface area contributed by atoms with Crippen molar-refractivity contribution in [3.63, 3.8) is 0 Å². The number of hydrogen-bond acceptors (Lipinski definition) is 5. The van der Waals surface area contributed by atoms with Gasteiger partial charge in [-0.1, -0.05) is 29.5 Å². The molecular formula is C20H25N5O3. The molecule has 1 aliphatic carbocycles. The van der Waals surface area contributed by atoms with Crippen LogP contribution in [0.25, 0.3) is 0 Å². The van der Waals surface area contributed by atoms with Crippen LogP contribution in [0, 0.1) is 5.92 Å². The minimum Gasteiger partial charge on any atom is -0.383 e. The van der Waals surface area contributed by atoms with Crippen LogP contribution >= 0.6 is 0 Å². The molecule has 28 heavy (non-hydrogen) atoms. The molecule has 1 aromatic heterocycles. The predicted molar refractivity (Wildman–Crippen MR) is 102 cm³/mol. The summed E-state index contributed by atoms with van der Waals surface area (Å²) in [5.41, 5.74) is 3.39. The second-order valence-electron chi connectivity index (χ2n) is 7.50. The monoisotopic (exact) mass is 383 g/mol. The van der Waals surface area contributed by atoms with Crippen molar-refractivity contribution in [3.05, 3.63) is 47.3 Å². The number of hydrogen-bond donors (Lipinski definition) is 1. The molecule has 1 fully saturated rings. The first-order chi connectivity index (χ1) is 13.6. The van der Waals surface area contributed by atoms with Gasteiger partial charge in [0.1, 0.15) is 6.04 Å². The van der Waals surface area contributed by atoms with Crippen LogP contribution in [0.2, 0.25) is 0 Å². The smallest absolute Gasteiger partial charge is 0.324 e. The van der Waals surface area contributed by atoms with Crippen LogP contribution in [0.1, 0.15) is 23.2 Å². The molecular weight excluding hydrogens is 358 g/mol. The molecule has 1 saturated heterocycles. The number of nitrogens with zero attached hydrogens (tertiary/aromatic N) is 4. The molecule has 4 rings (SSSR count). The number of nitrogens with one attached hydrogen (secondary N) is 1. The Morgan fingerprint density at radius 1 is 1.25 bits per heavy atom. The number of urea groups is 1. The molecule has 0 saturated carbocycles. The fourth-order valence-electron chi connectivity index (χ4n) is 4.01. The van der Waals surface area contributed by atoms with Crippen LogP contribution in [0.15, 0.2) is 30.5 Å². The van der Waals surface area contributed by atoms with Crippen molar-refractivity contribution >= 4 is 11.9 Å². The number of imide groups is 1. The molecule has 1 aliphatic heterocycles. The molecule has 2 aromatic rings. The summed E-state index contributed by atoms with van der Waals surface area (Å²) in [7, 11) is 1.63. The Bertz CT molecular complexity index is 865. The minimum atomic E-state index is -0.573. The van der Waals surface area contributed by atoms with Crippen molar-refractivity contribution < 1.29 is 14.3 Å². The van der Waals surface area contributed by atoms with Crippen molar-refractivity contribution in [1.29, 1.82) is 0 Å². The summed E-state index contributed by atoms with van der Waals surface area (Å²) in [6.45, 7) is 1.61. The van der Waals surface area contributed by atoms with E-state index in [1.165, 1.54) is 16.0 Å². The zero-order valence-corrected chi connectivity index (χ0v) is 16.0. The van der Waals surface area contributed by atoms with E-state index in [9.17, 15) is 9.59 Å². The maximum Gasteiger partial charge on any atom is 0.324 e. The van der Waals surface area contributed by atoms with Gasteiger partial charge < -0.3 is 10.1 Å². The standard InChI is InChI=1S/C20H25N5O3/c1-28-9-8-24-13-17(22-23-24)11-18-19(26)25(20(27)21-18)12-14-6-7-15-4-2-3-5-16(15)10-14/h2-5,13-14,18H,6-12H2,1H3,(H,21,27)/t14-,18-/m0/s1. The number of amides is 3. The van der Waals surface area contributed by atoms with E-state index in [0.717, 1.165) is 19.3 Å². The average Bonchev–Trinajstić information content (AvgIpc) is 3.26. The van der Waals surface area contributed by atoms with Gasteiger partial charge in [-0.05, 0) is 36.3 Å². The molecule has 1 N–H and O–H groups in total. The van der Waals surface area contributed by atoms with Gasteiger partial charge in [-0.3, -0.25) is 9.69 Å². The number of aryl methyl sites for hydroxylation is 1. The third kappa shape index (κ3) is 3.91. The fourth-order valence-corrected chi connectivity index (χ4v) is 4.01. The van der Waals surface area contributed by atoms with Crippen molar-refractivity contribution in [1.82, 2.24) is 25.2 Å². The predicted octanol–water partition coefficient (Wildman–Crippen LogP) is 1.19. The number of ether oxygens (including phenoxy) is 1. The number of benzene rings is 1. The highest BCUT2D eigenvalue weighted by atomic mass is 16.5. The number of aromatic nitrogens is 3. The summed E-state index contributed by atoms with van der Waals surface area (Å²) in [6, 6.07) is 7.53. The Hall–Kier alpha value is -2.74. The summed E-state index contributed by atoms with van der Waals surface area (Å²) >= 11 is 0. The lowest BCUT2D eigenvalue weighted by Crippen LogP contribution is -2.37. The second-order valence-corrected chi connectivity index (χ2v) is 7.50. The Morgan fingerprint density at radius 2 is 2.07 bits per heavy atom. The number of fused-ring (bicyclic) bond motifs is 1. The minimum absolute atomic E-state index is 0.171. The van der Waals surface area contributed by atoms with E-state index in [1.807, 2.05) is 6.07 Å².